The summed E-state index contributed by atoms with van der Waals surface area (Å²) in [6, 6.07) is 3.41. The van der Waals surface area contributed by atoms with Gasteiger partial charge in [-0.2, -0.15) is 8.78 Å². The molecule has 0 fully saturated rings. The Morgan fingerprint density at radius 1 is 1.44 bits per heavy atom. The van der Waals surface area contributed by atoms with Gasteiger partial charge in [0, 0.05) is 11.4 Å². The molecule has 4 N–H and O–H groups in total. The molecule has 4 nitrogen and oxygen atoms in total. The normalized spacial score (nSPS) is 11.6. The van der Waals surface area contributed by atoms with Crippen LogP contribution in [0.4, 0.5) is 28.9 Å². The summed E-state index contributed by atoms with van der Waals surface area (Å²) in [5.74, 6) is -5.53. The fraction of sp³-hybridized carbons (Fsp3) is 0.300. The summed E-state index contributed by atoms with van der Waals surface area (Å²) in [6.07, 6.45) is -3.79. The van der Waals surface area contributed by atoms with Crippen LogP contribution >= 0.6 is 0 Å². The highest BCUT2D eigenvalue weighted by molar-refractivity contribution is 5.94. The Kier molecular flexibility index (Phi) is 4.00. The van der Waals surface area contributed by atoms with Crippen LogP contribution in [0, 0.1) is 0 Å². The van der Waals surface area contributed by atoms with Gasteiger partial charge in [-0.05, 0) is 18.2 Å². The third kappa shape index (κ3) is 3.25. The molecule has 0 saturated heterocycles. The van der Waals surface area contributed by atoms with E-state index in [0.717, 1.165) is 6.07 Å². The summed E-state index contributed by atoms with van der Waals surface area (Å²) in [7, 11) is 0. The van der Waals surface area contributed by atoms with Gasteiger partial charge >= 0.3 is 18.3 Å². The van der Waals surface area contributed by atoms with Gasteiger partial charge in [-0.15, -0.1) is 0 Å². The second-order valence-electron chi connectivity index (χ2n) is 3.52. The molecular formula is C10H10F4N2O2. The maximum atomic E-state index is 12.6. The lowest BCUT2D eigenvalue weighted by molar-refractivity contribution is -0.117. The van der Waals surface area contributed by atoms with E-state index in [2.05, 4.69) is 0 Å². The third-order valence-corrected chi connectivity index (χ3v) is 2.13. The van der Waals surface area contributed by atoms with Crippen molar-refractivity contribution in [2.24, 2.45) is 0 Å². The smallest absolute Gasteiger partial charge is 0.337 e. The van der Waals surface area contributed by atoms with Gasteiger partial charge in [0.05, 0.1) is 12.1 Å². The zero-order valence-corrected chi connectivity index (χ0v) is 8.96. The first-order chi connectivity index (χ1) is 8.24. The van der Waals surface area contributed by atoms with E-state index < -0.39 is 24.9 Å². The second-order valence-corrected chi connectivity index (χ2v) is 3.52. The van der Waals surface area contributed by atoms with Gasteiger partial charge in [0.2, 0.25) is 0 Å². The van der Waals surface area contributed by atoms with Crippen LogP contribution in [0.2, 0.25) is 0 Å². The molecule has 0 heterocycles. The molecule has 0 radical (unpaired) electrons. The first kappa shape index (κ1) is 14.1. The summed E-state index contributed by atoms with van der Waals surface area (Å²) >= 11 is 0. The van der Waals surface area contributed by atoms with E-state index in [1.54, 1.807) is 0 Å². The zero-order valence-electron chi connectivity index (χ0n) is 8.96. The molecule has 0 atom stereocenters. The Bertz CT molecular complexity index is 452. The Morgan fingerprint density at radius 2 is 2.06 bits per heavy atom. The van der Waals surface area contributed by atoms with Crippen molar-refractivity contribution in [1.82, 2.24) is 0 Å². The number of hydrogen-bond acceptors (Lipinski definition) is 3. The van der Waals surface area contributed by atoms with Crippen LogP contribution in [-0.4, -0.2) is 30.0 Å². The molecule has 0 amide bonds. The number of nitrogens with two attached hydrogens (primary N) is 1. The molecule has 1 aromatic carbocycles. The molecule has 18 heavy (non-hydrogen) atoms. The average Bonchev–Trinajstić information content (AvgIpc) is 2.27. The van der Waals surface area contributed by atoms with Crippen molar-refractivity contribution in [3.05, 3.63) is 23.8 Å². The number of halogens is 4. The number of hydrogen-bond donors (Lipinski definition) is 3. The first-order valence-corrected chi connectivity index (χ1v) is 4.76. The lowest BCUT2D eigenvalue weighted by Crippen LogP contribution is -2.34. The quantitative estimate of drug-likeness (QED) is 0.564. The number of rotatable bonds is 5. The van der Waals surface area contributed by atoms with Crippen molar-refractivity contribution in [1.29, 1.82) is 0 Å². The van der Waals surface area contributed by atoms with E-state index >= 15 is 0 Å². The van der Waals surface area contributed by atoms with E-state index in [4.69, 9.17) is 10.8 Å². The Hall–Kier alpha value is -1.99. The van der Waals surface area contributed by atoms with E-state index in [0.29, 0.717) is 0 Å². The first-order valence-electron chi connectivity index (χ1n) is 4.76. The van der Waals surface area contributed by atoms with E-state index in [1.807, 2.05) is 5.32 Å². The van der Waals surface area contributed by atoms with Gasteiger partial charge in [-0.25, -0.2) is 13.6 Å². The van der Waals surface area contributed by atoms with Crippen LogP contribution in [0.1, 0.15) is 10.4 Å². The summed E-state index contributed by atoms with van der Waals surface area (Å²) in [6.45, 7) is -1.30. The lowest BCUT2D eigenvalue weighted by atomic mass is 10.1. The molecule has 1 aromatic rings. The van der Waals surface area contributed by atoms with E-state index in [1.165, 1.54) is 12.1 Å². The van der Waals surface area contributed by atoms with Crippen LogP contribution in [0.25, 0.3) is 0 Å². The molecular weight excluding hydrogens is 256 g/mol. The van der Waals surface area contributed by atoms with Crippen LogP contribution < -0.4 is 11.1 Å². The van der Waals surface area contributed by atoms with Gasteiger partial charge < -0.3 is 16.2 Å². The molecule has 1 rings (SSSR count). The maximum absolute atomic E-state index is 12.6. The average molecular weight is 266 g/mol. The van der Waals surface area contributed by atoms with Crippen molar-refractivity contribution in [3.8, 4) is 0 Å². The van der Waals surface area contributed by atoms with Crippen molar-refractivity contribution >= 4 is 17.3 Å². The van der Waals surface area contributed by atoms with Crippen molar-refractivity contribution in [2.45, 2.75) is 12.3 Å². The molecule has 0 aliphatic carbocycles. The molecule has 0 bridgehead atoms. The van der Waals surface area contributed by atoms with Crippen LogP contribution in [-0.2, 0) is 0 Å². The molecule has 8 heteroatoms. The number of nitrogens with one attached hydrogen (secondary N) is 1. The molecule has 0 aliphatic rings. The molecule has 0 aliphatic heterocycles. The van der Waals surface area contributed by atoms with Crippen molar-refractivity contribution < 1.29 is 27.5 Å². The number of anilines is 2. The Balaban J connectivity index is 2.81. The number of benzene rings is 1. The minimum atomic E-state index is -4.19. The molecule has 0 saturated carbocycles. The number of carbonyl (C=O) groups is 1. The lowest BCUT2D eigenvalue weighted by Gasteiger charge is -2.17. The summed E-state index contributed by atoms with van der Waals surface area (Å²) < 4.78 is 49.0. The van der Waals surface area contributed by atoms with Gasteiger partial charge in [0.15, 0.2) is 0 Å². The Labute approximate surface area is 99.4 Å². The summed E-state index contributed by atoms with van der Waals surface area (Å²) in [5.41, 5.74) is 4.98. The predicted molar refractivity (Wildman–Crippen MR) is 57.3 cm³/mol. The minimum Gasteiger partial charge on any atom is -0.478 e. The number of nitrogen functional groups attached to an aromatic ring is 1. The Morgan fingerprint density at radius 3 is 2.56 bits per heavy atom. The molecule has 100 valence electrons. The number of carboxylic acid groups (broad SMARTS) is 1. The number of carboxylic acids is 1. The monoisotopic (exact) mass is 266 g/mol. The van der Waals surface area contributed by atoms with Gasteiger partial charge in [-0.1, -0.05) is 0 Å². The number of alkyl halides is 4. The van der Waals surface area contributed by atoms with E-state index in [-0.39, 0.29) is 16.9 Å². The SMILES string of the molecule is Nc1ccc(NCC(F)(F)C(F)F)cc1C(=O)O. The van der Waals surface area contributed by atoms with Gasteiger partial charge in [-0.3, -0.25) is 0 Å². The van der Waals surface area contributed by atoms with Crippen LogP contribution in [0.5, 0.6) is 0 Å². The van der Waals surface area contributed by atoms with Gasteiger partial charge in [0.25, 0.3) is 0 Å². The van der Waals surface area contributed by atoms with Gasteiger partial charge in [0.1, 0.15) is 0 Å². The topological polar surface area (TPSA) is 75.3 Å². The number of aromatic carboxylic acids is 1. The van der Waals surface area contributed by atoms with Crippen LogP contribution in [0.3, 0.4) is 0 Å². The summed E-state index contributed by atoms with van der Waals surface area (Å²) in [5, 5.41) is 10.8. The predicted octanol–water partition coefficient (Wildman–Crippen LogP) is 2.28. The second kappa shape index (κ2) is 5.11. The zero-order chi connectivity index (χ0) is 13.9. The highest BCUT2D eigenvalue weighted by atomic mass is 19.3. The molecule has 0 aromatic heterocycles. The van der Waals surface area contributed by atoms with Crippen molar-refractivity contribution in [3.63, 3.8) is 0 Å². The minimum absolute atomic E-state index is 0.0260. The standard InChI is InChI=1S/C10H10F4N2O2/c11-9(12)10(13,14)4-16-5-1-2-7(15)6(3-5)8(17)18/h1-3,9,16H,4,15H2,(H,17,18). The van der Waals surface area contributed by atoms with Crippen molar-refractivity contribution in [2.75, 3.05) is 17.6 Å². The fourth-order valence-corrected chi connectivity index (χ4v) is 1.15. The highest BCUT2D eigenvalue weighted by Gasteiger charge is 2.40. The highest BCUT2D eigenvalue weighted by Crippen LogP contribution is 2.24. The molecule has 0 spiro atoms. The molecule has 0 unspecified atom stereocenters. The largest absolute Gasteiger partial charge is 0.478 e. The van der Waals surface area contributed by atoms with E-state index in [9.17, 15) is 22.4 Å². The fourth-order valence-electron chi connectivity index (χ4n) is 1.15. The van der Waals surface area contributed by atoms with Crippen LogP contribution in [0.15, 0.2) is 18.2 Å². The maximum Gasteiger partial charge on any atom is 0.337 e. The summed E-state index contributed by atoms with van der Waals surface area (Å²) in [4.78, 5) is 10.7. The third-order valence-electron chi connectivity index (χ3n) is 2.13.